The van der Waals surface area contributed by atoms with Crippen LogP contribution < -0.4 is 10.0 Å². The lowest BCUT2D eigenvalue weighted by Crippen LogP contribution is -2.17. The molecule has 4 rings (SSSR count). The number of benzene rings is 4. The molecule has 0 heterocycles. The predicted octanol–water partition coefficient (Wildman–Crippen LogP) is 6.70. The molecule has 0 aromatic heterocycles. The van der Waals surface area contributed by atoms with Crippen LogP contribution in [0.3, 0.4) is 0 Å². The first-order chi connectivity index (χ1) is 17.1. The van der Waals surface area contributed by atoms with Crippen molar-refractivity contribution in [2.75, 3.05) is 10.0 Å². The fourth-order valence-corrected chi connectivity index (χ4v) is 5.09. The molecule has 182 valence electrons. The quantitative estimate of drug-likeness (QED) is 0.237. The Bertz CT molecular complexity index is 1570. The molecule has 0 aliphatic carbocycles. The monoisotopic (exact) mass is 582 g/mol. The molecular formula is C27H20BrClN2O4S. The molecule has 0 aliphatic rings. The second-order valence-electron chi connectivity index (χ2n) is 7.95. The number of ketones is 1. The Labute approximate surface area is 222 Å². The highest BCUT2D eigenvalue weighted by atomic mass is 79.9. The highest BCUT2D eigenvalue weighted by Gasteiger charge is 2.19. The van der Waals surface area contributed by atoms with E-state index in [1.165, 1.54) is 18.2 Å². The highest BCUT2D eigenvalue weighted by Crippen LogP contribution is 2.27. The second-order valence-corrected chi connectivity index (χ2v) is 11.0. The molecule has 0 unspecified atom stereocenters. The van der Waals surface area contributed by atoms with Gasteiger partial charge >= 0.3 is 0 Å². The number of nitrogens with one attached hydrogen (secondary N) is 2. The third-order valence-corrected chi connectivity index (χ3v) is 7.52. The minimum atomic E-state index is -3.83. The van der Waals surface area contributed by atoms with E-state index in [-0.39, 0.29) is 27.5 Å². The number of anilines is 2. The Morgan fingerprint density at radius 2 is 1.56 bits per heavy atom. The Morgan fingerprint density at radius 3 is 2.28 bits per heavy atom. The zero-order valence-corrected chi connectivity index (χ0v) is 22.1. The molecule has 36 heavy (non-hydrogen) atoms. The Kier molecular flexibility index (Phi) is 7.59. The van der Waals surface area contributed by atoms with Gasteiger partial charge in [-0.15, -0.1) is 0 Å². The smallest absolute Gasteiger partial charge is 0.261 e. The summed E-state index contributed by atoms with van der Waals surface area (Å²) in [5.41, 5.74) is 2.22. The summed E-state index contributed by atoms with van der Waals surface area (Å²) in [4.78, 5) is 26.4. The molecule has 0 bridgehead atoms. The van der Waals surface area contributed by atoms with E-state index < -0.39 is 15.9 Å². The maximum atomic E-state index is 13.2. The molecule has 0 saturated carbocycles. The number of sulfonamides is 1. The van der Waals surface area contributed by atoms with Crippen LogP contribution in [-0.2, 0) is 10.0 Å². The number of carbonyl (C=O) groups is 2. The van der Waals surface area contributed by atoms with E-state index in [1.54, 1.807) is 72.8 Å². The SMILES string of the molecule is Cc1ccc(S(=O)(=O)Nc2cccc(C(=O)Nc3ccc(Br)cc3C(=O)c3ccccc3Cl)c2)cc1. The van der Waals surface area contributed by atoms with Crippen LogP contribution in [-0.4, -0.2) is 20.1 Å². The van der Waals surface area contributed by atoms with Crippen LogP contribution in [0.5, 0.6) is 0 Å². The van der Waals surface area contributed by atoms with Crippen LogP contribution in [0.15, 0.2) is 100 Å². The standard InChI is InChI=1S/C27H20BrClN2O4S/c1-17-9-12-21(13-10-17)36(34,35)31-20-6-4-5-18(15-20)27(33)30-25-14-11-19(28)16-23(25)26(32)22-7-2-3-8-24(22)29/h2-16,31H,1H3,(H,30,33). The molecule has 4 aromatic carbocycles. The second kappa shape index (κ2) is 10.7. The lowest BCUT2D eigenvalue weighted by Gasteiger charge is -2.13. The number of hydrogen-bond acceptors (Lipinski definition) is 4. The van der Waals surface area contributed by atoms with E-state index in [0.29, 0.717) is 20.7 Å². The first kappa shape index (κ1) is 25.6. The van der Waals surface area contributed by atoms with Crippen molar-refractivity contribution < 1.29 is 18.0 Å². The largest absolute Gasteiger partial charge is 0.321 e. The van der Waals surface area contributed by atoms with Gasteiger partial charge in [-0.05, 0) is 67.6 Å². The third kappa shape index (κ3) is 5.84. The average molecular weight is 584 g/mol. The first-order valence-electron chi connectivity index (χ1n) is 10.7. The van der Waals surface area contributed by atoms with Crippen LogP contribution in [0.2, 0.25) is 5.02 Å². The van der Waals surface area contributed by atoms with Gasteiger partial charge in [-0.25, -0.2) is 8.42 Å². The van der Waals surface area contributed by atoms with Crippen molar-refractivity contribution in [2.24, 2.45) is 0 Å². The molecule has 2 N–H and O–H groups in total. The van der Waals surface area contributed by atoms with E-state index >= 15 is 0 Å². The number of carbonyl (C=O) groups excluding carboxylic acids is 2. The van der Waals surface area contributed by atoms with Crippen molar-refractivity contribution in [1.29, 1.82) is 0 Å². The van der Waals surface area contributed by atoms with E-state index in [4.69, 9.17) is 11.6 Å². The minimum absolute atomic E-state index is 0.112. The maximum absolute atomic E-state index is 13.2. The third-order valence-electron chi connectivity index (χ3n) is 5.30. The molecule has 1 amide bonds. The van der Waals surface area contributed by atoms with Crippen LogP contribution >= 0.6 is 27.5 Å². The highest BCUT2D eigenvalue weighted by molar-refractivity contribution is 9.10. The number of halogens is 2. The maximum Gasteiger partial charge on any atom is 0.261 e. The molecule has 0 aliphatic heterocycles. The summed E-state index contributed by atoms with van der Waals surface area (Å²) in [6, 6.07) is 24.1. The van der Waals surface area contributed by atoms with Crippen LogP contribution in [0, 0.1) is 6.92 Å². The zero-order valence-electron chi connectivity index (χ0n) is 19.0. The van der Waals surface area contributed by atoms with Gasteiger partial charge in [-0.2, -0.15) is 0 Å². The summed E-state index contributed by atoms with van der Waals surface area (Å²) >= 11 is 9.57. The van der Waals surface area contributed by atoms with Gasteiger partial charge in [-0.1, -0.05) is 63.4 Å². The summed E-state index contributed by atoms with van der Waals surface area (Å²) < 4.78 is 28.6. The molecule has 0 spiro atoms. The van der Waals surface area contributed by atoms with Gasteiger partial charge in [0, 0.05) is 26.9 Å². The Morgan fingerprint density at radius 1 is 0.833 bits per heavy atom. The molecular weight excluding hydrogens is 564 g/mol. The van der Waals surface area contributed by atoms with E-state index in [1.807, 2.05) is 6.92 Å². The van der Waals surface area contributed by atoms with Crippen LogP contribution in [0.4, 0.5) is 11.4 Å². The van der Waals surface area contributed by atoms with E-state index in [2.05, 4.69) is 26.0 Å². The van der Waals surface area contributed by atoms with Crippen molar-refractivity contribution in [2.45, 2.75) is 11.8 Å². The molecule has 0 fully saturated rings. The summed E-state index contributed by atoms with van der Waals surface area (Å²) in [6.07, 6.45) is 0. The summed E-state index contributed by atoms with van der Waals surface area (Å²) in [5, 5.41) is 3.05. The number of amides is 1. The van der Waals surface area contributed by atoms with Crippen molar-refractivity contribution in [3.63, 3.8) is 0 Å². The number of aryl methyl sites for hydroxylation is 1. The Hall–Kier alpha value is -3.46. The molecule has 0 atom stereocenters. The van der Waals surface area contributed by atoms with Gasteiger partial charge < -0.3 is 5.32 Å². The van der Waals surface area contributed by atoms with E-state index in [0.717, 1.165) is 5.56 Å². The first-order valence-corrected chi connectivity index (χ1v) is 13.4. The summed E-state index contributed by atoms with van der Waals surface area (Å²) in [6.45, 7) is 1.87. The molecule has 6 nitrogen and oxygen atoms in total. The average Bonchev–Trinajstić information content (AvgIpc) is 2.85. The lowest BCUT2D eigenvalue weighted by molar-refractivity contribution is 0.102. The Balaban J connectivity index is 1.59. The van der Waals surface area contributed by atoms with Crippen LogP contribution in [0.25, 0.3) is 0 Å². The fourth-order valence-electron chi connectivity index (χ4n) is 3.45. The molecule has 0 saturated heterocycles. The van der Waals surface area contributed by atoms with Crippen molar-refractivity contribution in [3.8, 4) is 0 Å². The van der Waals surface area contributed by atoms with Gasteiger partial charge in [0.1, 0.15) is 0 Å². The molecule has 9 heteroatoms. The summed E-state index contributed by atoms with van der Waals surface area (Å²) in [7, 11) is -3.83. The van der Waals surface area contributed by atoms with Gasteiger partial charge in [0.05, 0.1) is 15.6 Å². The van der Waals surface area contributed by atoms with Crippen molar-refractivity contribution >= 4 is 60.6 Å². The topological polar surface area (TPSA) is 92.3 Å². The molecule has 0 radical (unpaired) electrons. The summed E-state index contributed by atoms with van der Waals surface area (Å²) in [5.74, 6) is -0.862. The van der Waals surface area contributed by atoms with Gasteiger partial charge in [0.25, 0.3) is 15.9 Å². The van der Waals surface area contributed by atoms with Gasteiger partial charge in [0.15, 0.2) is 5.78 Å². The van der Waals surface area contributed by atoms with Gasteiger partial charge in [-0.3, -0.25) is 14.3 Å². The van der Waals surface area contributed by atoms with Crippen LogP contribution in [0.1, 0.15) is 31.8 Å². The fraction of sp³-hybridized carbons (Fsp3) is 0.0370. The molecule has 4 aromatic rings. The van der Waals surface area contributed by atoms with Gasteiger partial charge in [0.2, 0.25) is 0 Å². The lowest BCUT2D eigenvalue weighted by atomic mass is 10.0. The zero-order chi connectivity index (χ0) is 25.9. The normalized spacial score (nSPS) is 11.1. The predicted molar refractivity (Wildman–Crippen MR) is 145 cm³/mol. The number of hydrogen-bond donors (Lipinski definition) is 2. The van der Waals surface area contributed by atoms with Crippen molar-refractivity contribution in [3.05, 3.63) is 123 Å². The minimum Gasteiger partial charge on any atom is -0.321 e. The van der Waals surface area contributed by atoms with E-state index in [9.17, 15) is 18.0 Å². The number of rotatable bonds is 7. The van der Waals surface area contributed by atoms with Crippen molar-refractivity contribution in [1.82, 2.24) is 0 Å².